The van der Waals surface area contributed by atoms with E-state index in [0.29, 0.717) is 10.9 Å². The van der Waals surface area contributed by atoms with Crippen LogP contribution in [0.4, 0.5) is 5.69 Å². The molecule has 8 heteroatoms. The van der Waals surface area contributed by atoms with Gasteiger partial charge < -0.3 is 5.32 Å². The van der Waals surface area contributed by atoms with Crippen LogP contribution in [0.2, 0.25) is 5.02 Å². The highest BCUT2D eigenvalue weighted by atomic mass is 35.5. The van der Waals surface area contributed by atoms with Crippen molar-refractivity contribution in [2.45, 2.75) is 41.6 Å². The summed E-state index contributed by atoms with van der Waals surface area (Å²) in [7, 11) is 0. The molecule has 130 valence electrons. The predicted octanol–water partition coefficient (Wildman–Crippen LogP) is 5.37. The van der Waals surface area contributed by atoms with Gasteiger partial charge in [-0.15, -0.1) is 10.2 Å². The number of thioether (sulfide) groups is 2. The van der Waals surface area contributed by atoms with E-state index in [1.54, 1.807) is 11.8 Å². The monoisotopic (exact) mass is 401 g/mol. The summed E-state index contributed by atoms with van der Waals surface area (Å²) < 4.78 is 1.76. The van der Waals surface area contributed by atoms with E-state index >= 15 is 0 Å². The van der Waals surface area contributed by atoms with Gasteiger partial charge in [0.15, 0.2) is 8.68 Å². The number of carbonyl (C=O) groups is 1. The molecular formula is C16H20ClN3OS3. The Bertz CT molecular complexity index is 706. The Hall–Kier alpha value is -0.760. The first-order chi connectivity index (χ1) is 11.4. The number of hydrogen-bond donors (Lipinski definition) is 1. The van der Waals surface area contributed by atoms with E-state index in [9.17, 15) is 4.79 Å². The molecule has 2 rings (SSSR count). The van der Waals surface area contributed by atoms with Crippen molar-refractivity contribution in [1.29, 1.82) is 0 Å². The molecule has 1 aromatic carbocycles. The minimum Gasteiger partial charge on any atom is -0.325 e. The van der Waals surface area contributed by atoms with E-state index in [4.69, 9.17) is 11.6 Å². The van der Waals surface area contributed by atoms with Crippen LogP contribution >= 0.6 is 46.5 Å². The number of nitrogens with zero attached hydrogens (tertiary/aromatic N) is 2. The van der Waals surface area contributed by atoms with Gasteiger partial charge in [-0.05, 0) is 37.5 Å². The van der Waals surface area contributed by atoms with Crippen LogP contribution in [0.1, 0.15) is 26.3 Å². The summed E-state index contributed by atoms with van der Waals surface area (Å²) in [6.45, 7) is 8.10. The molecule has 0 saturated carbocycles. The molecule has 1 N–H and O–H groups in total. The smallest absolute Gasteiger partial charge is 0.237 e. The van der Waals surface area contributed by atoms with Crippen LogP contribution < -0.4 is 5.32 Å². The Kier molecular flexibility index (Phi) is 7.40. The number of halogens is 1. The number of carbonyl (C=O) groups excluding carboxylic acids is 1. The summed E-state index contributed by atoms with van der Waals surface area (Å²) in [4.78, 5) is 12.4. The third-order valence-corrected chi connectivity index (χ3v) is 7.18. The lowest BCUT2D eigenvalue weighted by Gasteiger charge is -2.12. The number of rotatable bonds is 7. The van der Waals surface area contributed by atoms with E-state index in [-0.39, 0.29) is 11.2 Å². The van der Waals surface area contributed by atoms with Gasteiger partial charge in [0.25, 0.3) is 0 Å². The molecule has 0 saturated heterocycles. The topological polar surface area (TPSA) is 54.9 Å². The summed E-state index contributed by atoms with van der Waals surface area (Å²) in [6.07, 6.45) is 0. The number of hydrogen-bond acceptors (Lipinski definition) is 6. The number of aromatic nitrogens is 2. The summed E-state index contributed by atoms with van der Waals surface area (Å²) in [5.41, 5.74) is 1.61. The first-order valence-corrected chi connectivity index (χ1v) is 10.6. The highest BCUT2D eigenvalue weighted by Gasteiger charge is 2.18. The van der Waals surface area contributed by atoms with Crippen molar-refractivity contribution in [3.05, 3.63) is 28.8 Å². The zero-order valence-corrected chi connectivity index (χ0v) is 17.2. The van der Waals surface area contributed by atoms with Gasteiger partial charge >= 0.3 is 0 Å². The molecule has 0 spiro atoms. The lowest BCUT2D eigenvalue weighted by Crippen LogP contribution is -2.22. The SMILES string of the molecule is Cc1c(Cl)cccc1NC(=O)[C@H](C)Sc1nnc(SCC(C)C)s1. The first kappa shape index (κ1) is 19.6. The second-order valence-electron chi connectivity index (χ2n) is 5.70. The van der Waals surface area contributed by atoms with Gasteiger partial charge in [0.05, 0.1) is 5.25 Å². The van der Waals surface area contributed by atoms with Crippen LogP contribution in [-0.2, 0) is 4.79 Å². The molecule has 1 amide bonds. The van der Waals surface area contributed by atoms with Gasteiger partial charge in [0, 0.05) is 16.5 Å². The molecule has 0 aliphatic heterocycles. The zero-order valence-electron chi connectivity index (χ0n) is 14.0. The highest BCUT2D eigenvalue weighted by molar-refractivity contribution is 8.03. The Labute approximate surface area is 160 Å². The van der Waals surface area contributed by atoms with Gasteiger partial charge in [-0.1, -0.05) is 66.4 Å². The molecule has 0 unspecified atom stereocenters. The molecule has 24 heavy (non-hydrogen) atoms. The Morgan fingerprint density at radius 1 is 1.29 bits per heavy atom. The number of anilines is 1. The van der Waals surface area contributed by atoms with Crippen LogP contribution in [0.25, 0.3) is 0 Å². The normalized spacial score (nSPS) is 12.4. The Morgan fingerprint density at radius 2 is 2.00 bits per heavy atom. The maximum atomic E-state index is 12.4. The highest BCUT2D eigenvalue weighted by Crippen LogP contribution is 2.32. The van der Waals surface area contributed by atoms with Crippen molar-refractivity contribution in [1.82, 2.24) is 10.2 Å². The lowest BCUT2D eigenvalue weighted by molar-refractivity contribution is -0.115. The van der Waals surface area contributed by atoms with E-state index in [1.165, 1.54) is 23.1 Å². The van der Waals surface area contributed by atoms with Crippen molar-refractivity contribution in [2.24, 2.45) is 5.92 Å². The predicted molar refractivity (Wildman–Crippen MR) is 106 cm³/mol. The van der Waals surface area contributed by atoms with Crippen molar-refractivity contribution >= 4 is 58.1 Å². The first-order valence-electron chi connectivity index (χ1n) is 7.55. The summed E-state index contributed by atoms with van der Waals surface area (Å²) in [5.74, 6) is 1.56. The van der Waals surface area contributed by atoms with Crippen LogP contribution in [0.15, 0.2) is 26.9 Å². The summed E-state index contributed by atoms with van der Waals surface area (Å²) in [5, 5.41) is 11.6. The largest absolute Gasteiger partial charge is 0.325 e. The molecule has 0 aliphatic rings. The zero-order chi connectivity index (χ0) is 17.7. The van der Waals surface area contributed by atoms with E-state index in [2.05, 4.69) is 29.4 Å². The van der Waals surface area contributed by atoms with Gasteiger partial charge in [0.2, 0.25) is 5.91 Å². The van der Waals surface area contributed by atoms with Gasteiger partial charge in [-0.2, -0.15) is 0 Å². The van der Waals surface area contributed by atoms with E-state index in [1.807, 2.05) is 32.0 Å². The van der Waals surface area contributed by atoms with Crippen molar-refractivity contribution < 1.29 is 4.79 Å². The second-order valence-corrected chi connectivity index (χ2v) is 9.94. The van der Waals surface area contributed by atoms with Crippen molar-refractivity contribution in [2.75, 3.05) is 11.1 Å². The molecule has 0 fully saturated rings. The lowest BCUT2D eigenvalue weighted by atomic mass is 10.2. The Morgan fingerprint density at radius 3 is 2.71 bits per heavy atom. The molecule has 1 aromatic heterocycles. The summed E-state index contributed by atoms with van der Waals surface area (Å²) >= 11 is 10.8. The third-order valence-electron chi connectivity index (χ3n) is 3.10. The van der Waals surface area contributed by atoms with E-state index < -0.39 is 0 Å². The standard InChI is InChI=1S/C16H20ClN3OS3/c1-9(2)8-22-15-19-20-16(24-15)23-11(4)14(21)18-13-7-5-6-12(17)10(13)3/h5-7,9,11H,8H2,1-4H3,(H,18,21)/t11-/m0/s1. The molecular weight excluding hydrogens is 382 g/mol. The number of amides is 1. The van der Waals surface area contributed by atoms with Gasteiger partial charge in [0.1, 0.15) is 0 Å². The molecule has 0 bridgehead atoms. The number of nitrogens with one attached hydrogen (secondary N) is 1. The fourth-order valence-electron chi connectivity index (χ4n) is 1.72. The van der Waals surface area contributed by atoms with E-state index in [0.717, 1.165) is 25.7 Å². The second kappa shape index (κ2) is 9.08. The molecule has 2 aromatic rings. The fraction of sp³-hybridized carbons (Fsp3) is 0.438. The molecule has 4 nitrogen and oxygen atoms in total. The van der Waals surface area contributed by atoms with Crippen LogP contribution in [0.3, 0.4) is 0 Å². The molecule has 1 heterocycles. The maximum absolute atomic E-state index is 12.4. The summed E-state index contributed by atoms with van der Waals surface area (Å²) in [6, 6.07) is 5.48. The van der Waals surface area contributed by atoms with Crippen molar-refractivity contribution in [3.63, 3.8) is 0 Å². The Balaban J connectivity index is 1.93. The van der Waals surface area contributed by atoms with Crippen LogP contribution in [0, 0.1) is 12.8 Å². The third kappa shape index (κ3) is 5.65. The average molecular weight is 402 g/mol. The van der Waals surface area contributed by atoms with Crippen LogP contribution in [-0.4, -0.2) is 27.1 Å². The molecule has 1 atom stereocenters. The maximum Gasteiger partial charge on any atom is 0.237 e. The average Bonchev–Trinajstić information content (AvgIpc) is 2.97. The molecule has 0 aliphatic carbocycles. The van der Waals surface area contributed by atoms with Crippen LogP contribution in [0.5, 0.6) is 0 Å². The minimum atomic E-state index is -0.265. The van der Waals surface area contributed by atoms with Gasteiger partial charge in [-0.25, -0.2) is 0 Å². The minimum absolute atomic E-state index is 0.0723. The molecule has 0 radical (unpaired) electrons. The number of benzene rings is 1. The fourth-order valence-corrected chi connectivity index (χ4v) is 5.04. The van der Waals surface area contributed by atoms with Gasteiger partial charge in [-0.3, -0.25) is 4.79 Å². The van der Waals surface area contributed by atoms with Crippen molar-refractivity contribution in [3.8, 4) is 0 Å². The quantitative estimate of drug-likeness (QED) is 0.632.